The number of rotatable bonds is 4. The summed E-state index contributed by atoms with van der Waals surface area (Å²) >= 11 is 0. The molecule has 1 aromatic rings. The molecule has 0 heterocycles. The molecule has 3 nitrogen and oxygen atoms in total. The second-order valence-corrected chi connectivity index (χ2v) is 5.48. The number of halogens is 1. The van der Waals surface area contributed by atoms with Gasteiger partial charge in [0.2, 0.25) is 0 Å². The molecular formula is C15H23FN2O. The molecule has 3 N–H and O–H groups in total. The molecule has 1 aliphatic rings. The second kappa shape index (κ2) is 6.13. The van der Waals surface area contributed by atoms with Crippen molar-refractivity contribution < 1.29 is 9.13 Å². The Balaban J connectivity index is 2.02. The minimum absolute atomic E-state index is 0.318. The zero-order valence-corrected chi connectivity index (χ0v) is 11.7. The number of ether oxygens (including phenoxy) is 1. The minimum atomic E-state index is -0.318. The van der Waals surface area contributed by atoms with E-state index in [-0.39, 0.29) is 5.82 Å². The maximum absolute atomic E-state index is 13.8. The Hall–Kier alpha value is -1.45. The smallest absolute Gasteiger partial charge is 0.148 e. The highest BCUT2D eigenvalue weighted by Gasteiger charge is 2.21. The molecule has 0 amide bonds. The van der Waals surface area contributed by atoms with Crippen LogP contribution in [0.25, 0.3) is 0 Å². The average Bonchev–Trinajstić information content (AvgIpc) is 2.39. The third-order valence-corrected chi connectivity index (χ3v) is 4.16. The van der Waals surface area contributed by atoms with Crippen LogP contribution < -0.4 is 15.8 Å². The lowest BCUT2D eigenvalue weighted by Crippen LogP contribution is -2.24. The molecule has 2 unspecified atom stereocenters. The first-order valence-electron chi connectivity index (χ1n) is 6.98. The van der Waals surface area contributed by atoms with Gasteiger partial charge in [-0.05, 0) is 18.3 Å². The number of methoxy groups -OCH3 is 1. The van der Waals surface area contributed by atoms with Gasteiger partial charge in [-0.15, -0.1) is 0 Å². The van der Waals surface area contributed by atoms with Crippen molar-refractivity contribution in [3.05, 3.63) is 17.9 Å². The monoisotopic (exact) mass is 266 g/mol. The molecule has 0 saturated heterocycles. The van der Waals surface area contributed by atoms with Gasteiger partial charge in [0, 0.05) is 18.7 Å². The van der Waals surface area contributed by atoms with E-state index < -0.39 is 0 Å². The van der Waals surface area contributed by atoms with Gasteiger partial charge in [-0.1, -0.05) is 26.2 Å². The van der Waals surface area contributed by atoms with Gasteiger partial charge < -0.3 is 15.8 Å². The Morgan fingerprint density at radius 1 is 1.37 bits per heavy atom. The van der Waals surface area contributed by atoms with Crippen LogP contribution in [0.15, 0.2) is 12.1 Å². The predicted octanol–water partition coefficient (Wildman–Crippen LogP) is 3.65. The summed E-state index contributed by atoms with van der Waals surface area (Å²) < 4.78 is 18.9. The molecule has 106 valence electrons. The number of nitrogens with two attached hydrogens (primary N) is 1. The predicted molar refractivity (Wildman–Crippen MR) is 77.0 cm³/mol. The Kier molecular flexibility index (Phi) is 4.51. The van der Waals surface area contributed by atoms with Gasteiger partial charge in [-0.25, -0.2) is 4.39 Å². The zero-order valence-electron chi connectivity index (χ0n) is 11.7. The summed E-state index contributed by atoms with van der Waals surface area (Å²) in [6.07, 6.45) is 5.10. The van der Waals surface area contributed by atoms with Crippen LogP contribution in [0.2, 0.25) is 0 Å². The maximum atomic E-state index is 13.8. The number of hydrogen-bond donors (Lipinski definition) is 2. The quantitative estimate of drug-likeness (QED) is 0.818. The van der Waals surface area contributed by atoms with E-state index in [1.165, 1.54) is 38.9 Å². The van der Waals surface area contributed by atoms with Gasteiger partial charge in [0.1, 0.15) is 11.6 Å². The molecule has 0 bridgehead atoms. The van der Waals surface area contributed by atoms with Crippen LogP contribution in [0.5, 0.6) is 5.75 Å². The van der Waals surface area contributed by atoms with Gasteiger partial charge in [0.25, 0.3) is 0 Å². The zero-order chi connectivity index (χ0) is 13.8. The lowest BCUT2D eigenvalue weighted by Gasteiger charge is -2.29. The van der Waals surface area contributed by atoms with E-state index >= 15 is 0 Å². The van der Waals surface area contributed by atoms with Crippen molar-refractivity contribution in [2.75, 3.05) is 24.7 Å². The summed E-state index contributed by atoms with van der Waals surface area (Å²) in [5, 5.41) is 3.20. The third-order valence-electron chi connectivity index (χ3n) is 4.16. The Morgan fingerprint density at radius 3 is 2.79 bits per heavy atom. The van der Waals surface area contributed by atoms with E-state index in [9.17, 15) is 4.39 Å². The fourth-order valence-electron chi connectivity index (χ4n) is 2.82. The van der Waals surface area contributed by atoms with Crippen molar-refractivity contribution in [2.24, 2.45) is 11.8 Å². The summed E-state index contributed by atoms with van der Waals surface area (Å²) in [6.45, 7) is 3.09. The summed E-state index contributed by atoms with van der Waals surface area (Å²) in [7, 11) is 1.54. The lowest BCUT2D eigenvalue weighted by atomic mass is 9.80. The molecular weight excluding hydrogens is 243 g/mol. The highest BCUT2D eigenvalue weighted by Crippen LogP contribution is 2.32. The number of hydrogen-bond acceptors (Lipinski definition) is 3. The SMILES string of the molecule is COc1cc(NCC2CCCCC2C)c(F)cc1N. The Bertz CT molecular complexity index is 436. The average molecular weight is 266 g/mol. The van der Waals surface area contributed by atoms with E-state index in [0.29, 0.717) is 29.0 Å². The van der Waals surface area contributed by atoms with Crippen molar-refractivity contribution in [1.29, 1.82) is 0 Å². The van der Waals surface area contributed by atoms with Gasteiger partial charge in [0.05, 0.1) is 18.5 Å². The fourth-order valence-corrected chi connectivity index (χ4v) is 2.82. The first-order chi connectivity index (χ1) is 9.11. The largest absolute Gasteiger partial charge is 0.495 e. The molecule has 0 aromatic heterocycles. The van der Waals surface area contributed by atoms with Crippen molar-refractivity contribution in [2.45, 2.75) is 32.6 Å². The summed E-state index contributed by atoms with van der Waals surface area (Å²) in [5.74, 6) is 1.53. The van der Waals surface area contributed by atoms with Crippen molar-refractivity contribution in [3.63, 3.8) is 0 Å². The summed E-state index contributed by atoms with van der Waals surface area (Å²) in [6, 6.07) is 2.95. The van der Waals surface area contributed by atoms with Crippen LogP contribution in [-0.4, -0.2) is 13.7 Å². The molecule has 1 fully saturated rings. The van der Waals surface area contributed by atoms with E-state index in [2.05, 4.69) is 12.2 Å². The highest BCUT2D eigenvalue weighted by atomic mass is 19.1. The molecule has 2 rings (SSSR count). The van der Waals surface area contributed by atoms with Crippen LogP contribution in [0, 0.1) is 17.7 Å². The maximum Gasteiger partial charge on any atom is 0.148 e. The third kappa shape index (κ3) is 3.31. The molecule has 2 atom stereocenters. The van der Waals surface area contributed by atoms with Crippen molar-refractivity contribution >= 4 is 11.4 Å². The number of nitrogen functional groups attached to an aromatic ring is 1. The molecule has 1 aliphatic carbocycles. The van der Waals surface area contributed by atoms with Crippen LogP contribution in [0.3, 0.4) is 0 Å². The molecule has 0 spiro atoms. The summed E-state index contributed by atoms with van der Waals surface area (Å²) in [4.78, 5) is 0. The van der Waals surface area contributed by atoms with E-state index in [0.717, 1.165) is 6.54 Å². The molecule has 0 radical (unpaired) electrons. The van der Waals surface area contributed by atoms with Gasteiger partial charge in [0.15, 0.2) is 0 Å². The number of benzene rings is 1. The minimum Gasteiger partial charge on any atom is -0.495 e. The first kappa shape index (κ1) is 14.0. The highest BCUT2D eigenvalue weighted by molar-refractivity contribution is 5.62. The van der Waals surface area contributed by atoms with Gasteiger partial charge in [-0.3, -0.25) is 0 Å². The van der Waals surface area contributed by atoms with Crippen LogP contribution in [0.4, 0.5) is 15.8 Å². The normalized spacial score (nSPS) is 23.1. The molecule has 0 aliphatic heterocycles. The Labute approximate surface area is 114 Å². The van der Waals surface area contributed by atoms with Gasteiger partial charge in [-0.2, -0.15) is 0 Å². The number of nitrogens with one attached hydrogen (secondary N) is 1. The first-order valence-corrected chi connectivity index (χ1v) is 6.98. The van der Waals surface area contributed by atoms with E-state index in [1.54, 1.807) is 6.07 Å². The summed E-state index contributed by atoms with van der Waals surface area (Å²) in [5.41, 5.74) is 6.47. The Morgan fingerprint density at radius 2 is 2.11 bits per heavy atom. The van der Waals surface area contributed by atoms with Crippen LogP contribution >= 0.6 is 0 Å². The lowest BCUT2D eigenvalue weighted by molar-refractivity contribution is 0.268. The van der Waals surface area contributed by atoms with Crippen LogP contribution in [-0.2, 0) is 0 Å². The van der Waals surface area contributed by atoms with Gasteiger partial charge >= 0.3 is 0 Å². The van der Waals surface area contributed by atoms with E-state index in [1.807, 2.05) is 0 Å². The second-order valence-electron chi connectivity index (χ2n) is 5.48. The van der Waals surface area contributed by atoms with Crippen molar-refractivity contribution in [1.82, 2.24) is 0 Å². The topological polar surface area (TPSA) is 47.3 Å². The number of anilines is 2. The molecule has 4 heteroatoms. The van der Waals surface area contributed by atoms with E-state index in [4.69, 9.17) is 10.5 Å². The fraction of sp³-hybridized carbons (Fsp3) is 0.600. The molecule has 19 heavy (non-hydrogen) atoms. The standard InChI is InChI=1S/C15H23FN2O/c1-10-5-3-4-6-11(10)9-18-14-8-15(19-2)13(17)7-12(14)16/h7-8,10-11,18H,3-6,9,17H2,1-2H3. The van der Waals surface area contributed by atoms with Crippen molar-refractivity contribution in [3.8, 4) is 5.75 Å². The molecule has 1 aromatic carbocycles. The molecule has 1 saturated carbocycles. The van der Waals surface area contributed by atoms with Crippen LogP contribution in [0.1, 0.15) is 32.6 Å².